The van der Waals surface area contributed by atoms with Crippen molar-refractivity contribution < 1.29 is 19.2 Å². The zero-order chi connectivity index (χ0) is 13.1. The summed E-state index contributed by atoms with van der Waals surface area (Å²) in [6.07, 6.45) is 0.558. The maximum Gasteiger partial charge on any atom is 0.329 e. The first kappa shape index (κ1) is 13.1. The van der Waals surface area contributed by atoms with Crippen LogP contribution in [0.4, 0.5) is 0 Å². The van der Waals surface area contributed by atoms with Crippen molar-refractivity contribution in [3.63, 3.8) is 0 Å². The van der Waals surface area contributed by atoms with Gasteiger partial charge in [0.1, 0.15) is 5.54 Å². The molecule has 17 heavy (non-hydrogen) atoms. The van der Waals surface area contributed by atoms with Gasteiger partial charge in [0, 0.05) is 6.92 Å². The van der Waals surface area contributed by atoms with Crippen LogP contribution in [0.1, 0.15) is 43.2 Å². The standard InChI is InChI=1S/C10H15N3O4/c1-4-10(5-2,9(15)16)12-8(14)7-11-6(3)17-13-7/h4-5H2,1-3H3,(H,12,14)(H,15,16). The average Bonchev–Trinajstić information content (AvgIpc) is 2.72. The summed E-state index contributed by atoms with van der Waals surface area (Å²) in [7, 11) is 0. The highest BCUT2D eigenvalue weighted by molar-refractivity contribution is 5.94. The molecule has 0 aliphatic heterocycles. The number of rotatable bonds is 5. The van der Waals surface area contributed by atoms with Crippen molar-refractivity contribution in [3.8, 4) is 0 Å². The molecule has 2 N–H and O–H groups in total. The molecule has 1 amide bonds. The molecule has 0 aliphatic carbocycles. The van der Waals surface area contributed by atoms with E-state index in [4.69, 9.17) is 5.11 Å². The number of hydrogen-bond acceptors (Lipinski definition) is 5. The van der Waals surface area contributed by atoms with Gasteiger partial charge in [-0.05, 0) is 12.8 Å². The minimum Gasteiger partial charge on any atom is -0.480 e. The molecule has 0 saturated heterocycles. The quantitative estimate of drug-likeness (QED) is 0.788. The predicted octanol–water partition coefficient (Wildman–Crippen LogP) is 0.751. The lowest BCUT2D eigenvalue weighted by Gasteiger charge is -2.27. The van der Waals surface area contributed by atoms with Crippen molar-refractivity contribution in [1.82, 2.24) is 15.5 Å². The van der Waals surface area contributed by atoms with Gasteiger partial charge < -0.3 is 14.9 Å². The van der Waals surface area contributed by atoms with E-state index in [0.717, 1.165) is 0 Å². The van der Waals surface area contributed by atoms with Crippen molar-refractivity contribution in [3.05, 3.63) is 11.7 Å². The number of aliphatic carboxylic acids is 1. The minimum atomic E-state index is -1.29. The summed E-state index contributed by atoms with van der Waals surface area (Å²) in [6.45, 7) is 4.94. The third kappa shape index (κ3) is 2.61. The Morgan fingerprint density at radius 3 is 2.35 bits per heavy atom. The third-order valence-corrected chi connectivity index (χ3v) is 2.70. The molecule has 0 saturated carbocycles. The van der Waals surface area contributed by atoms with E-state index in [0.29, 0.717) is 0 Å². The van der Waals surface area contributed by atoms with Crippen LogP contribution < -0.4 is 5.32 Å². The largest absolute Gasteiger partial charge is 0.480 e. The Bertz CT molecular complexity index is 423. The number of carboxylic acids is 1. The summed E-state index contributed by atoms with van der Waals surface area (Å²) in [5, 5.41) is 15.0. The third-order valence-electron chi connectivity index (χ3n) is 2.70. The normalized spacial score (nSPS) is 11.2. The molecule has 7 nitrogen and oxygen atoms in total. The Balaban J connectivity index is 2.88. The number of carbonyl (C=O) groups is 2. The van der Waals surface area contributed by atoms with Crippen LogP contribution in [0, 0.1) is 6.92 Å². The van der Waals surface area contributed by atoms with Gasteiger partial charge in [-0.15, -0.1) is 0 Å². The fourth-order valence-electron chi connectivity index (χ4n) is 1.45. The van der Waals surface area contributed by atoms with Crippen LogP contribution in [0.3, 0.4) is 0 Å². The van der Waals surface area contributed by atoms with E-state index < -0.39 is 17.4 Å². The van der Waals surface area contributed by atoms with E-state index in [1.165, 1.54) is 0 Å². The molecule has 0 spiro atoms. The van der Waals surface area contributed by atoms with E-state index in [-0.39, 0.29) is 24.6 Å². The Morgan fingerprint density at radius 2 is 2.00 bits per heavy atom. The number of nitrogens with one attached hydrogen (secondary N) is 1. The number of aryl methyl sites for hydroxylation is 1. The topological polar surface area (TPSA) is 105 Å². The SMILES string of the molecule is CCC(CC)(NC(=O)c1noc(C)n1)C(=O)O. The lowest BCUT2D eigenvalue weighted by molar-refractivity contribution is -0.144. The molecule has 0 atom stereocenters. The van der Waals surface area contributed by atoms with Crippen LogP contribution in [-0.2, 0) is 4.79 Å². The van der Waals surface area contributed by atoms with Gasteiger partial charge in [0.15, 0.2) is 0 Å². The van der Waals surface area contributed by atoms with Gasteiger partial charge in [0.2, 0.25) is 5.89 Å². The van der Waals surface area contributed by atoms with E-state index >= 15 is 0 Å². The molecular weight excluding hydrogens is 226 g/mol. The maximum absolute atomic E-state index is 11.7. The fourth-order valence-corrected chi connectivity index (χ4v) is 1.45. The molecule has 1 rings (SSSR count). The van der Waals surface area contributed by atoms with Crippen molar-refractivity contribution in [2.45, 2.75) is 39.2 Å². The molecule has 1 aromatic rings. The van der Waals surface area contributed by atoms with E-state index in [1.54, 1.807) is 20.8 Å². The monoisotopic (exact) mass is 241 g/mol. The number of nitrogens with zero attached hydrogens (tertiary/aromatic N) is 2. The van der Waals surface area contributed by atoms with Gasteiger partial charge in [-0.1, -0.05) is 19.0 Å². The van der Waals surface area contributed by atoms with Gasteiger partial charge in [-0.25, -0.2) is 4.79 Å². The second-order valence-electron chi connectivity index (χ2n) is 3.69. The number of aromatic nitrogens is 2. The Morgan fingerprint density at radius 1 is 1.41 bits per heavy atom. The average molecular weight is 241 g/mol. The lowest BCUT2D eigenvalue weighted by atomic mass is 9.93. The zero-order valence-corrected chi connectivity index (χ0v) is 9.98. The summed E-state index contributed by atoms with van der Waals surface area (Å²) in [4.78, 5) is 26.7. The summed E-state index contributed by atoms with van der Waals surface area (Å²) in [5.41, 5.74) is -1.29. The molecule has 0 unspecified atom stereocenters. The smallest absolute Gasteiger partial charge is 0.329 e. The van der Waals surface area contributed by atoms with Crippen molar-refractivity contribution >= 4 is 11.9 Å². The highest BCUT2D eigenvalue weighted by Crippen LogP contribution is 2.16. The minimum absolute atomic E-state index is 0.157. The molecule has 0 fully saturated rings. The van der Waals surface area contributed by atoms with E-state index in [2.05, 4.69) is 20.0 Å². The zero-order valence-electron chi connectivity index (χ0n) is 9.98. The number of amides is 1. The van der Waals surface area contributed by atoms with Crippen LogP contribution in [0.25, 0.3) is 0 Å². The maximum atomic E-state index is 11.7. The van der Waals surface area contributed by atoms with Gasteiger partial charge in [0.25, 0.3) is 11.7 Å². The highest BCUT2D eigenvalue weighted by Gasteiger charge is 2.37. The molecule has 0 bridgehead atoms. The van der Waals surface area contributed by atoms with Crippen LogP contribution in [-0.4, -0.2) is 32.7 Å². The fraction of sp³-hybridized carbons (Fsp3) is 0.600. The Hall–Kier alpha value is -1.92. The summed E-state index contributed by atoms with van der Waals surface area (Å²) >= 11 is 0. The van der Waals surface area contributed by atoms with Crippen molar-refractivity contribution in [2.75, 3.05) is 0 Å². The first-order chi connectivity index (χ1) is 7.95. The summed E-state index contributed by atoms with van der Waals surface area (Å²) < 4.78 is 4.66. The van der Waals surface area contributed by atoms with Crippen molar-refractivity contribution in [1.29, 1.82) is 0 Å². The molecule has 94 valence electrons. The summed E-state index contributed by atoms with van der Waals surface area (Å²) in [6, 6.07) is 0. The highest BCUT2D eigenvalue weighted by atomic mass is 16.5. The van der Waals surface area contributed by atoms with Gasteiger partial charge in [-0.2, -0.15) is 4.98 Å². The molecule has 0 aliphatic rings. The van der Waals surface area contributed by atoms with Crippen LogP contribution >= 0.6 is 0 Å². The van der Waals surface area contributed by atoms with Crippen LogP contribution in [0.5, 0.6) is 0 Å². The van der Waals surface area contributed by atoms with Crippen LogP contribution in [0.15, 0.2) is 4.52 Å². The van der Waals surface area contributed by atoms with E-state index in [9.17, 15) is 9.59 Å². The molecule has 0 aromatic carbocycles. The number of hydrogen-bond donors (Lipinski definition) is 2. The number of carboxylic acid groups (broad SMARTS) is 1. The molecular formula is C10H15N3O4. The molecule has 1 heterocycles. The first-order valence-electron chi connectivity index (χ1n) is 5.31. The van der Waals surface area contributed by atoms with Gasteiger partial charge in [0.05, 0.1) is 0 Å². The Kier molecular flexibility index (Phi) is 3.82. The first-order valence-corrected chi connectivity index (χ1v) is 5.31. The van der Waals surface area contributed by atoms with Crippen molar-refractivity contribution in [2.24, 2.45) is 0 Å². The molecule has 0 radical (unpaired) electrons. The molecule has 1 aromatic heterocycles. The second kappa shape index (κ2) is 4.94. The summed E-state index contributed by atoms with van der Waals surface area (Å²) in [5.74, 6) is -1.62. The van der Waals surface area contributed by atoms with E-state index in [1.807, 2.05) is 0 Å². The van der Waals surface area contributed by atoms with Gasteiger partial charge in [-0.3, -0.25) is 4.79 Å². The molecule has 7 heteroatoms. The predicted molar refractivity (Wildman–Crippen MR) is 57.5 cm³/mol. The van der Waals surface area contributed by atoms with Crippen LogP contribution in [0.2, 0.25) is 0 Å². The lowest BCUT2D eigenvalue weighted by Crippen LogP contribution is -2.53. The number of carbonyl (C=O) groups excluding carboxylic acids is 1. The second-order valence-corrected chi connectivity index (χ2v) is 3.69. The Labute approximate surface area is 98.2 Å². The van der Waals surface area contributed by atoms with Gasteiger partial charge >= 0.3 is 5.97 Å².